The maximum Gasteiger partial charge on any atom is 0.246 e. The molecule has 2 aromatic rings. The van der Waals surface area contributed by atoms with E-state index >= 15 is 0 Å². The van der Waals surface area contributed by atoms with Crippen LogP contribution in [0.25, 0.3) is 0 Å². The third-order valence-corrected chi connectivity index (χ3v) is 5.96. The fraction of sp³-hybridized carbons (Fsp3) is 0.308. The fourth-order valence-corrected chi connectivity index (χ4v) is 4.06. The van der Waals surface area contributed by atoms with Crippen LogP contribution in [0.1, 0.15) is 18.4 Å². The first kappa shape index (κ1) is 13.8. The van der Waals surface area contributed by atoms with Crippen LogP contribution in [0.2, 0.25) is 0 Å². The van der Waals surface area contributed by atoms with Gasteiger partial charge >= 0.3 is 0 Å². The fourth-order valence-electron chi connectivity index (χ4n) is 2.08. The molecular formula is C13H14BrN3O2S. The first-order valence-corrected chi connectivity index (χ1v) is 8.56. The van der Waals surface area contributed by atoms with Gasteiger partial charge in [0.15, 0.2) is 0 Å². The van der Waals surface area contributed by atoms with Gasteiger partial charge < -0.3 is 0 Å². The smallest absolute Gasteiger partial charge is 0.246 e. The third-order valence-electron chi connectivity index (χ3n) is 3.32. The lowest BCUT2D eigenvalue weighted by Crippen LogP contribution is -2.32. The van der Waals surface area contributed by atoms with Crippen LogP contribution in [0.4, 0.5) is 0 Å². The average Bonchev–Trinajstić information content (AvgIpc) is 3.09. The molecule has 1 N–H and O–H groups in total. The molecule has 1 aliphatic carbocycles. The van der Waals surface area contributed by atoms with Crippen molar-refractivity contribution in [1.29, 1.82) is 0 Å². The Morgan fingerprint density at radius 3 is 2.70 bits per heavy atom. The number of hydrogen-bond acceptors (Lipinski definition) is 3. The number of aromatic amines is 1. The van der Waals surface area contributed by atoms with Crippen LogP contribution < -0.4 is 0 Å². The Morgan fingerprint density at radius 1 is 1.35 bits per heavy atom. The number of hydrogen-bond donors (Lipinski definition) is 1. The number of H-pyrrole nitrogens is 1. The molecule has 3 rings (SSSR count). The monoisotopic (exact) mass is 355 g/mol. The predicted octanol–water partition coefficient (Wildman–Crippen LogP) is 2.53. The van der Waals surface area contributed by atoms with E-state index in [4.69, 9.17) is 0 Å². The van der Waals surface area contributed by atoms with Crippen LogP contribution in [-0.4, -0.2) is 29.0 Å². The SMILES string of the molecule is O=S(=O)(c1cn[nH]c1)N(Cc1ccccc1Br)C1CC1. The van der Waals surface area contributed by atoms with E-state index in [-0.39, 0.29) is 10.9 Å². The molecule has 0 amide bonds. The van der Waals surface area contributed by atoms with Gasteiger partial charge in [-0.3, -0.25) is 5.10 Å². The Kier molecular flexibility index (Phi) is 3.66. The largest absolute Gasteiger partial charge is 0.284 e. The summed E-state index contributed by atoms with van der Waals surface area (Å²) >= 11 is 3.47. The number of aromatic nitrogens is 2. The van der Waals surface area contributed by atoms with Crippen molar-refractivity contribution in [3.63, 3.8) is 0 Å². The van der Waals surface area contributed by atoms with E-state index in [2.05, 4.69) is 26.1 Å². The molecule has 0 unspecified atom stereocenters. The summed E-state index contributed by atoms with van der Waals surface area (Å²) in [6, 6.07) is 7.78. The molecule has 0 saturated heterocycles. The Bertz CT molecular complexity index is 696. The highest BCUT2D eigenvalue weighted by Gasteiger charge is 2.38. The first-order chi connectivity index (χ1) is 9.59. The van der Waals surface area contributed by atoms with E-state index in [1.165, 1.54) is 12.4 Å². The second-order valence-electron chi connectivity index (χ2n) is 4.81. The zero-order valence-corrected chi connectivity index (χ0v) is 13.1. The van der Waals surface area contributed by atoms with Gasteiger partial charge in [-0.05, 0) is 24.5 Å². The van der Waals surface area contributed by atoms with Gasteiger partial charge in [0.05, 0.1) is 6.20 Å². The molecule has 0 aliphatic heterocycles. The van der Waals surface area contributed by atoms with Gasteiger partial charge in [-0.2, -0.15) is 9.40 Å². The van der Waals surface area contributed by atoms with Gasteiger partial charge in [-0.1, -0.05) is 34.1 Å². The summed E-state index contributed by atoms with van der Waals surface area (Å²) in [4.78, 5) is 0.219. The van der Waals surface area contributed by atoms with Gasteiger partial charge in [0.2, 0.25) is 10.0 Å². The predicted molar refractivity (Wildman–Crippen MR) is 78.5 cm³/mol. The lowest BCUT2D eigenvalue weighted by atomic mass is 10.2. The summed E-state index contributed by atoms with van der Waals surface area (Å²) in [5, 5.41) is 6.30. The number of nitrogens with zero attached hydrogens (tertiary/aromatic N) is 2. The van der Waals surface area contributed by atoms with Crippen molar-refractivity contribution in [3.05, 3.63) is 46.7 Å². The Labute approximate surface area is 126 Å². The minimum Gasteiger partial charge on any atom is -0.284 e. The zero-order valence-electron chi connectivity index (χ0n) is 10.7. The highest BCUT2D eigenvalue weighted by molar-refractivity contribution is 9.10. The van der Waals surface area contributed by atoms with E-state index in [1.807, 2.05) is 24.3 Å². The van der Waals surface area contributed by atoms with Crippen molar-refractivity contribution < 1.29 is 8.42 Å². The molecule has 5 nitrogen and oxygen atoms in total. The molecule has 1 fully saturated rings. The molecule has 1 heterocycles. The molecule has 0 bridgehead atoms. The Balaban J connectivity index is 1.93. The molecule has 1 aromatic carbocycles. The lowest BCUT2D eigenvalue weighted by Gasteiger charge is -2.21. The Morgan fingerprint density at radius 2 is 2.10 bits per heavy atom. The van der Waals surface area contributed by atoms with Gasteiger partial charge in [0.25, 0.3) is 0 Å². The molecule has 0 radical (unpaired) electrons. The van der Waals surface area contributed by atoms with Crippen LogP contribution in [0.15, 0.2) is 46.0 Å². The van der Waals surface area contributed by atoms with Crippen LogP contribution in [0, 0.1) is 0 Å². The summed E-state index contributed by atoms with van der Waals surface area (Å²) in [6.45, 7) is 0.375. The molecular weight excluding hydrogens is 342 g/mol. The van der Waals surface area contributed by atoms with Crippen LogP contribution in [0.5, 0.6) is 0 Å². The number of benzene rings is 1. The summed E-state index contributed by atoms with van der Waals surface area (Å²) in [5.74, 6) is 0. The van der Waals surface area contributed by atoms with Crippen molar-refractivity contribution in [1.82, 2.24) is 14.5 Å². The third kappa shape index (κ3) is 2.65. The second kappa shape index (κ2) is 5.31. The number of sulfonamides is 1. The van der Waals surface area contributed by atoms with Crippen molar-refractivity contribution in [2.75, 3.05) is 0 Å². The summed E-state index contributed by atoms with van der Waals surface area (Å²) in [5.41, 5.74) is 0.964. The minimum absolute atomic E-state index is 0.0991. The Hall–Kier alpha value is -1.18. The molecule has 1 aliphatic rings. The average molecular weight is 356 g/mol. The first-order valence-electron chi connectivity index (χ1n) is 6.33. The van der Waals surface area contributed by atoms with E-state index in [0.29, 0.717) is 6.54 Å². The van der Waals surface area contributed by atoms with Gasteiger partial charge in [0.1, 0.15) is 4.90 Å². The summed E-state index contributed by atoms with van der Waals surface area (Å²) < 4.78 is 27.8. The molecule has 0 atom stereocenters. The lowest BCUT2D eigenvalue weighted by molar-refractivity contribution is 0.398. The van der Waals surface area contributed by atoms with Gasteiger partial charge in [-0.25, -0.2) is 8.42 Å². The van der Waals surface area contributed by atoms with Crippen LogP contribution in [-0.2, 0) is 16.6 Å². The van der Waals surface area contributed by atoms with Crippen molar-refractivity contribution in [2.45, 2.75) is 30.3 Å². The second-order valence-corrected chi connectivity index (χ2v) is 7.55. The number of halogens is 1. The normalized spacial score (nSPS) is 15.7. The number of nitrogens with one attached hydrogen (secondary N) is 1. The zero-order chi connectivity index (χ0) is 14.2. The highest BCUT2D eigenvalue weighted by atomic mass is 79.9. The maximum atomic E-state index is 12.6. The van der Waals surface area contributed by atoms with Crippen molar-refractivity contribution in [3.8, 4) is 0 Å². The number of rotatable bonds is 5. The van der Waals surface area contributed by atoms with E-state index < -0.39 is 10.0 Å². The molecule has 20 heavy (non-hydrogen) atoms. The summed E-state index contributed by atoms with van der Waals surface area (Å²) in [6.07, 6.45) is 4.61. The molecule has 106 valence electrons. The minimum atomic E-state index is -3.49. The molecule has 0 spiro atoms. The summed E-state index contributed by atoms with van der Waals surface area (Å²) in [7, 11) is -3.49. The molecule has 1 saturated carbocycles. The highest BCUT2D eigenvalue weighted by Crippen LogP contribution is 2.34. The standard InChI is InChI=1S/C13H14BrN3O2S/c14-13-4-2-1-3-10(13)9-17(11-5-6-11)20(18,19)12-7-15-16-8-12/h1-4,7-8,11H,5-6,9H2,(H,15,16). The van der Waals surface area contributed by atoms with Crippen LogP contribution >= 0.6 is 15.9 Å². The van der Waals surface area contributed by atoms with E-state index in [9.17, 15) is 8.42 Å². The topological polar surface area (TPSA) is 66.1 Å². The van der Waals surface area contributed by atoms with Gasteiger partial charge in [-0.15, -0.1) is 0 Å². The molecule has 7 heteroatoms. The van der Waals surface area contributed by atoms with Crippen LogP contribution in [0.3, 0.4) is 0 Å². The van der Waals surface area contributed by atoms with E-state index in [1.54, 1.807) is 4.31 Å². The van der Waals surface area contributed by atoms with E-state index in [0.717, 1.165) is 22.9 Å². The molecule has 1 aromatic heterocycles. The quantitative estimate of drug-likeness (QED) is 0.895. The maximum absolute atomic E-state index is 12.6. The van der Waals surface area contributed by atoms with Gasteiger partial charge in [0, 0.05) is 23.3 Å². The van der Waals surface area contributed by atoms with Crippen molar-refractivity contribution in [2.24, 2.45) is 0 Å². The van der Waals surface area contributed by atoms with Crippen molar-refractivity contribution >= 4 is 26.0 Å².